The standard InChI is InChI=1S/C34H66N2O/c1-35(2,3)30-24-32-36(4,5)31-23-21-19-17-15-13-11-9-7-8-10-12-14-16-18-20-22-25-33-26-28-34(37-6)29-27-33/h26-29H,7-25,30-32H2,1-6H3/q+2. The topological polar surface area (TPSA) is 9.23 Å². The maximum Gasteiger partial charge on any atom is 0.118 e. The van der Waals surface area contributed by atoms with E-state index in [1.807, 2.05) is 0 Å². The number of nitrogens with zero attached hydrogens (tertiary/aromatic N) is 2. The van der Waals surface area contributed by atoms with Crippen LogP contribution >= 0.6 is 0 Å². The summed E-state index contributed by atoms with van der Waals surface area (Å²) < 4.78 is 7.52. The summed E-state index contributed by atoms with van der Waals surface area (Å²) in [6.45, 7) is 3.96. The molecule has 0 heterocycles. The summed E-state index contributed by atoms with van der Waals surface area (Å²) in [6, 6.07) is 8.57. The van der Waals surface area contributed by atoms with E-state index < -0.39 is 0 Å². The number of quaternary nitrogens is 2. The molecule has 0 saturated carbocycles. The first-order chi connectivity index (χ1) is 17.7. The summed E-state index contributed by atoms with van der Waals surface area (Å²) in [5.41, 5.74) is 1.44. The summed E-state index contributed by atoms with van der Waals surface area (Å²) in [5, 5.41) is 0. The Morgan fingerprint density at radius 1 is 0.459 bits per heavy atom. The highest BCUT2D eigenvalue weighted by molar-refractivity contribution is 5.27. The fourth-order valence-electron chi connectivity index (χ4n) is 5.40. The number of aryl methyl sites for hydroxylation is 1. The number of rotatable bonds is 25. The molecule has 0 fully saturated rings. The fraction of sp³-hybridized carbons (Fsp3) is 0.824. The lowest BCUT2D eigenvalue weighted by atomic mass is 10.0. The van der Waals surface area contributed by atoms with Gasteiger partial charge in [0.1, 0.15) is 5.75 Å². The lowest BCUT2D eigenvalue weighted by Crippen LogP contribution is -2.44. The third-order valence-electron chi connectivity index (χ3n) is 7.98. The van der Waals surface area contributed by atoms with E-state index in [1.165, 1.54) is 152 Å². The molecule has 0 aromatic heterocycles. The Morgan fingerprint density at radius 3 is 1.24 bits per heavy atom. The molecule has 0 aliphatic rings. The predicted molar refractivity (Wildman–Crippen MR) is 165 cm³/mol. The number of unbranched alkanes of at least 4 members (excludes halogenated alkanes) is 16. The van der Waals surface area contributed by atoms with E-state index in [0.29, 0.717) is 0 Å². The highest BCUT2D eigenvalue weighted by Gasteiger charge is 2.16. The number of hydrogen-bond acceptors (Lipinski definition) is 1. The monoisotopic (exact) mass is 519 g/mol. The lowest BCUT2D eigenvalue weighted by molar-refractivity contribution is -0.902. The number of methoxy groups -OCH3 is 1. The minimum atomic E-state index is 0.959. The van der Waals surface area contributed by atoms with Gasteiger partial charge in [0.15, 0.2) is 0 Å². The van der Waals surface area contributed by atoms with E-state index in [2.05, 4.69) is 59.5 Å². The summed E-state index contributed by atoms with van der Waals surface area (Å²) in [5.74, 6) is 0.959. The van der Waals surface area contributed by atoms with Gasteiger partial charge in [0, 0.05) is 6.42 Å². The van der Waals surface area contributed by atoms with Gasteiger partial charge in [0.05, 0.1) is 62.0 Å². The van der Waals surface area contributed by atoms with Crippen LogP contribution in [0.3, 0.4) is 0 Å². The van der Waals surface area contributed by atoms with Crippen LogP contribution in [0.15, 0.2) is 24.3 Å². The van der Waals surface area contributed by atoms with Gasteiger partial charge in [-0.25, -0.2) is 0 Å². The van der Waals surface area contributed by atoms with E-state index in [4.69, 9.17) is 4.74 Å². The van der Waals surface area contributed by atoms with Crippen molar-refractivity contribution in [3.63, 3.8) is 0 Å². The second kappa shape index (κ2) is 20.8. The average molecular weight is 519 g/mol. The average Bonchev–Trinajstić information content (AvgIpc) is 2.84. The van der Waals surface area contributed by atoms with Crippen LogP contribution in [0.25, 0.3) is 0 Å². The van der Waals surface area contributed by atoms with Crippen molar-refractivity contribution in [3.05, 3.63) is 29.8 Å². The first kappa shape index (κ1) is 34.0. The second-order valence-corrected chi connectivity index (χ2v) is 13.4. The molecule has 0 N–H and O–H groups in total. The van der Waals surface area contributed by atoms with E-state index >= 15 is 0 Å². The molecule has 0 spiro atoms. The molecule has 0 aliphatic carbocycles. The lowest BCUT2D eigenvalue weighted by Gasteiger charge is -2.31. The van der Waals surface area contributed by atoms with Crippen LogP contribution in [0.5, 0.6) is 5.75 Å². The van der Waals surface area contributed by atoms with Crippen LogP contribution in [0, 0.1) is 0 Å². The highest BCUT2D eigenvalue weighted by atomic mass is 16.5. The van der Waals surface area contributed by atoms with Crippen LogP contribution in [0.4, 0.5) is 0 Å². The molecule has 0 saturated heterocycles. The Hall–Kier alpha value is -1.06. The first-order valence-corrected chi connectivity index (χ1v) is 16.0. The molecule has 1 aromatic carbocycles. The molecule has 3 nitrogen and oxygen atoms in total. The number of benzene rings is 1. The minimum absolute atomic E-state index is 0.959. The van der Waals surface area contributed by atoms with Crippen LogP contribution in [0.2, 0.25) is 0 Å². The van der Waals surface area contributed by atoms with Gasteiger partial charge in [-0.15, -0.1) is 0 Å². The molecule has 3 heteroatoms. The SMILES string of the molecule is COc1ccc(CCCCCCCCCCCCCCCCCCC[N+](C)(C)CCC[N+](C)(C)C)cc1. The number of ether oxygens (including phenoxy) is 1. The Morgan fingerprint density at radius 2 is 0.838 bits per heavy atom. The van der Waals surface area contributed by atoms with E-state index in [0.717, 1.165) is 10.2 Å². The summed E-state index contributed by atoms with van der Waals surface area (Å²) in [6.07, 6.45) is 26.9. The number of hydrogen-bond donors (Lipinski definition) is 0. The van der Waals surface area contributed by atoms with Crippen LogP contribution in [-0.4, -0.2) is 70.9 Å². The van der Waals surface area contributed by atoms with Crippen molar-refractivity contribution in [2.75, 3.05) is 62.0 Å². The van der Waals surface area contributed by atoms with Crippen LogP contribution < -0.4 is 4.74 Å². The minimum Gasteiger partial charge on any atom is -0.497 e. The van der Waals surface area contributed by atoms with Crippen molar-refractivity contribution in [2.45, 2.75) is 122 Å². The van der Waals surface area contributed by atoms with Gasteiger partial charge in [-0.05, 0) is 43.4 Å². The third kappa shape index (κ3) is 21.6. The molecule has 216 valence electrons. The largest absolute Gasteiger partial charge is 0.497 e. The molecule has 0 amide bonds. The maximum atomic E-state index is 5.23. The van der Waals surface area contributed by atoms with Crippen LogP contribution in [-0.2, 0) is 6.42 Å². The van der Waals surface area contributed by atoms with Crippen LogP contribution in [0.1, 0.15) is 121 Å². The van der Waals surface area contributed by atoms with Crippen molar-refractivity contribution in [1.29, 1.82) is 0 Å². The van der Waals surface area contributed by atoms with Gasteiger partial charge in [-0.1, -0.05) is 102 Å². The van der Waals surface area contributed by atoms with Crippen molar-refractivity contribution < 1.29 is 13.7 Å². The van der Waals surface area contributed by atoms with Gasteiger partial charge >= 0.3 is 0 Å². The molecule has 1 rings (SSSR count). The third-order valence-corrected chi connectivity index (χ3v) is 7.98. The van der Waals surface area contributed by atoms with Crippen molar-refractivity contribution in [3.8, 4) is 5.75 Å². The molecule has 0 atom stereocenters. The van der Waals surface area contributed by atoms with Crippen molar-refractivity contribution in [1.82, 2.24) is 0 Å². The fourth-order valence-corrected chi connectivity index (χ4v) is 5.40. The first-order valence-electron chi connectivity index (χ1n) is 16.0. The van der Waals surface area contributed by atoms with E-state index in [1.54, 1.807) is 7.11 Å². The molecular weight excluding hydrogens is 452 g/mol. The Bertz CT molecular complexity index is 632. The molecular formula is C34H66N2O+2. The zero-order valence-corrected chi connectivity index (χ0v) is 26.2. The smallest absolute Gasteiger partial charge is 0.118 e. The second-order valence-electron chi connectivity index (χ2n) is 13.4. The quantitative estimate of drug-likeness (QED) is 0.0926. The maximum absolute atomic E-state index is 5.23. The van der Waals surface area contributed by atoms with Gasteiger partial charge < -0.3 is 13.7 Å². The van der Waals surface area contributed by atoms with Gasteiger partial charge in [-0.3, -0.25) is 0 Å². The molecule has 0 radical (unpaired) electrons. The van der Waals surface area contributed by atoms with E-state index in [-0.39, 0.29) is 0 Å². The zero-order valence-electron chi connectivity index (χ0n) is 26.2. The van der Waals surface area contributed by atoms with Gasteiger partial charge in [0.2, 0.25) is 0 Å². The predicted octanol–water partition coefficient (Wildman–Crippen LogP) is 9.04. The van der Waals surface area contributed by atoms with Gasteiger partial charge in [0.25, 0.3) is 0 Å². The molecule has 37 heavy (non-hydrogen) atoms. The summed E-state index contributed by atoms with van der Waals surface area (Å²) in [4.78, 5) is 0. The van der Waals surface area contributed by atoms with Crippen molar-refractivity contribution >= 4 is 0 Å². The summed E-state index contributed by atoms with van der Waals surface area (Å²) in [7, 11) is 13.5. The van der Waals surface area contributed by atoms with Gasteiger partial charge in [-0.2, -0.15) is 0 Å². The summed E-state index contributed by atoms with van der Waals surface area (Å²) >= 11 is 0. The Labute approximate surface area is 233 Å². The Kier molecular flexibility index (Phi) is 19.1. The molecule has 1 aromatic rings. The van der Waals surface area contributed by atoms with Crippen molar-refractivity contribution in [2.24, 2.45) is 0 Å². The normalized spacial score (nSPS) is 12.3. The highest BCUT2D eigenvalue weighted by Crippen LogP contribution is 2.16. The van der Waals surface area contributed by atoms with E-state index in [9.17, 15) is 0 Å². The Balaban J connectivity index is 1.77. The zero-order chi connectivity index (χ0) is 27.2. The molecule has 0 aliphatic heterocycles. The molecule has 0 bridgehead atoms. The molecule has 0 unspecified atom stereocenters.